The lowest BCUT2D eigenvalue weighted by Gasteiger charge is -2.42. The molecule has 1 N–H and O–H groups in total. The molecule has 0 radical (unpaired) electrons. The fraction of sp³-hybridized carbons (Fsp3) is 0.571. The Bertz CT molecular complexity index is 394. The summed E-state index contributed by atoms with van der Waals surface area (Å²) in [6.45, 7) is 2.15. The van der Waals surface area contributed by atoms with E-state index in [9.17, 15) is 0 Å². The molecule has 0 bridgehead atoms. The fourth-order valence-corrected chi connectivity index (χ4v) is 3.57. The molecule has 0 amide bonds. The van der Waals surface area contributed by atoms with Gasteiger partial charge in [0.15, 0.2) is 0 Å². The van der Waals surface area contributed by atoms with Gasteiger partial charge in [-0.1, -0.05) is 36.9 Å². The van der Waals surface area contributed by atoms with Gasteiger partial charge in [0.05, 0.1) is 0 Å². The minimum atomic E-state index is 0.386. The Morgan fingerprint density at radius 2 is 1.94 bits per heavy atom. The van der Waals surface area contributed by atoms with Crippen molar-refractivity contribution in [2.75, 3.05) is 6.54 Å². The van der Waals surface area contributed by atoms with Crippen molar-refractivity contribution in [3.63, 3.8) is 0 Å². The minimum Gasteiger partial charge on any atom is -0.312 e. The van der Waals surface area contributed by atoms with Crippen LogP contribution in [-0.2, 0) is 12.0 Å². The average molecular weight is 236 g/mol. The minimum absolute atomic E-state index is 0.386. The first-order valence-electron chi connectivity index (χ1n) is 6.30. The molecule has 1 saturated carbocycles. The Morgan fingerprint density at radius 3 is 2.75 bits per heavy atom. The van der Waals surface area contributed by atoms with Crippen LogP contribution in [0.2, 0.25) is 5.02 Å². The molecule has 1 aliphatic heterocycles. The molecule has 0 unspecified atom stereocenters. The second-order valence-corrected chi connectivity index (χ2v) is 5.68. The zero-order valence-electron chi connectivity index (χ0n) is 9.56. The predicted molar refractivity (Wildman–Crippen MR) is 67.9 cm³/mol. The fourth-order valence-electron chi connectivity index (χ4n) is 3.40. The SMILES string of the molecule is Clc1ccc2c(c1)C1(CCCCC1)CNC2. The van der Waals surface area contributed by atoms with Gasteiger partial charge in [-0.2, -0.15) is 0 Å². The highest BCUT2D eigenvalue weighted by Crippen LogP contribution is 2.43. The van der Waals surface area contributed by atoms with E-state index in [1.54, 1.807) is 0 Å². The molecule has 86 valence electrons. The molecule has 1 aromatic rings. The Hall–Kier alpha value is -0.530. The van der Waals surface area contributed by atoms with E-state index in [4.69, 9.17) is 11.6 Å². The topological polar surface area (TPSA) is 12.0 Å². The monoisotopic (exact) mass is 235 g/mol. The van der Waals surface area contributed by atoms with Gasteiger partial charge >= 0.3 is 0 Å². The first kappa shape index (κ1) is 10.6. The van der Waals surface area contributed by atoms with Crippen LogP contribution in [0.5, 0.6) is 0 Å². The Morgan fingerprint density at radius 1 is 1.12 bits per heavy atom. The molecule has 1 spiro atoms. The maximum Gasteiger partial charge on any atom is 0.0409 e. The van der Waals surface area contributed by atoms with Gasteiger partial charge in [-0.05, 0) is 36.1 Å². The van der Waals surface area contributed by atoms with E-state index in [1.165, 1.54) is 43.2 Å². The summed E-state index contributed by atoms with van der Waals surface area (Å²) in [7, 11) is 0. The molecule has 16 heavy (non-hydrogen) atoms. The van der Waals surface area contributed by atoms with Crippen LogP contribution in [0.1, 0.15) is 43.2 Å². The smallest absolute Gasteiger partial charge is 0.0409 e. The number of hydrogen-bond donors (Lipinski definition) is 1. The maximum absolute atomic E-state index is 6.16. The number of fused-ring (bicyclic) bond motifs is 2. The van der Waals surface area contributed by atoms with Gasteiger partial charge < -0.3 is 5.32 Å². The van der Waals surface area contributed by atoms with Crippen LogP contribution < -0.4 is 5.32 Å². The van der Waals surface area contributed by atoms with Crippen molar-refractivity contribution in [3.8, 4) is 0 Å². The van der Waals surface area contributed by atoms with Crippen LogP contribution in [0.3, 0.4) is 0 Å². The molecule has 2 aliphatic rings. The van der Waals surface area contributed by atoms with Crippen molar-refractivity contribution in [1.29, 1.82) is 0 Å². The summed E-state index contributed by atoms with van der Waals surface area (Å²) < 4.78 is 0. The molecule has 1 heterocycles. The first-order valence-corrected chi connectivity index (χ1v) is 6.68. The van der Waals surface area contributed by atoms with Gasteiger partial charge in [0.2, 0.25) is 0 Å². The molecule has 1 aliphatic carbocycles. The van der Waals surface area contributed by atoms with Gasteiger partial charge in [-0.25, -0.2) is 0 Å². The number of halogens is 1. The number of rotatable bonds is 0. The Labute approximate surface area is 102 Å². The predicted octanol–water partition coefficient (Wildman–Crippen LogP) is 3.65. The van der Waals surface area contributed by atoms with Crippen LogP contribution in [-0.4, -0.2) is 6.54 Å². The van der Waals surface area contributed by atoms with E-state index in [-0.39, 0.29) is 0 Å². The summed E-state index contributed by atoms with van der Waals surface area (Å²) in [5.41, 5.74) is 3.37. The third-order valence-electron chi connectivity index (χ3n) is 4.23. The van der Waals surface area contributed by atoms with Crippen molar-refractivity contribution >= 4 is 11.6 Å². The number of nitrogens with one attached hydrogen (secondary N) is 1. The lowest BCUT2D eigenvalue weighted by molar-refractivity contribution is 0.264. The third kappa shape index (κ3) is 1.66. The van der Waals surface area contributed by atoms with Gasteiger partial charge in [-0.3, -0.25) is 0 Å². The van der Waals surface area contributed by atoms with Crippen LogP contribution in [0.15, 0.2) is 18.2 Å². The standard InChI is InChI=1S/C14H18ClN/c15-12-5-4-11-9-16-10-14(13(11)8-12)6-2-1-3-7-14/h4-5,8,16H,1-3,6-7,9-10H2. The van der Waals surface area contributed by atoms with Crippen LogP contribution in [0.4, 0.5) is 0 Å². The van der Waals surface area contributed by atoms with Gasteiger partial charge in [0, 0.05) is 23.5 Å². The highest BCUT2D eigenvalue weighted by molar-refractivity contribution is 6.30. The lowest BCUT2D eigenvalue weighted by atomic mass is 9.67. The third-order valence-corrected chi connectivity index (χ3v) is 4.47. The van der Waals surface area contributed by atoms with Crippen molar-refractivity contribution in [2.45, 2.75) is 44.1 Å². The van der Waals surface area contributed by atoms with E-state index in [0.717, 1.165) is 18.1 Å². The number of hydrogen-bond acceptors (Lipinski definition) is 1. The van der Waals surface area contributed by atoms with E-state index in [1.807, 2.05) is 6.07 Å². The average Bonchev–Trinajstić information content (AvgIpc) is 2.32. The summed E-state index contributed by atoms with van der Waals surface area (Å²) in [6.07, 6.45) is 6.79. The summed E-state index contributed by atoms with van der Waals surface area (Å²) >= 11 is 6.16. The second-order valence-electron chi connectivity index (χ2n) is 5.25. The van der Waals surface area contributed by atoms with E-state index < -0.39 is 0 Å². The molecule has 1 aromatic carbocycles. The van der Waals surface area contributed by atoms with Crippen molar-refractivity contribution in [1.82, 2.24) is 5.32 Å². The highest BCUT2D eigenvalue weighted by atomic mass is 35.5. The Kier molecular flexibility index (Phi) is 2.68. The van der Waals surface area contributed by atoms with Crippen LogP contribution in [0.25, 0.3) is 0 Å². The molecule has 1 fully saturated rings. The van der Waals surface area contributed by atoms with E-state index in [0.29, 0.717) is 5.41 Å². The van der Waals surface area contributed by atoms with Gasteiger partial charge in [-0.15, -0.1) is 0 Å². The van der Waals surface area contributed by atoms with Crippen molar-refractivity contribution in [3.05, 3.63) is 34.3 Å². The largest absolute Gasteiger partial charge is 0.312 e. The van der Waals surface area contributed by atoms with E-state index >= 15 is 0 Å². The number of benzene rings is 1. The molecular weight excluding hydrogens is 218 g/mol. The van der Waals surface area contributed by atoms with Crippen molar-refractivity contribution in [2.24, 2.45) is 0 Å². The molecule has 3 rings (SSSR count). The molecule has 0 atom stereocenters. The zero-order valence-corrected chi connectivity index (χ0v) is 10.3. The summed E-state index contributed by atoms with van der Waals surface area (Å²) in [5.74, 6) is 0. The maximum atomic E-state index is 6.16. The molecule has 0 saturated heterocycles. The molecule has 2 heteroatoms. The van der Waals surface area contributed by atoms with Gasteiger partial charge in [0.1, 0.15) is 0 Å². The molecule has 0 aromatic heterocycles. The van der Waals surface area contributed by atoms with Crippen molar-refractivity contribution < 1.29 is 0 Å². The van der Waals surface area contributed by atoms with E-state index in [2.05, 4.69) is 17.4 Å². The Balaban J connectivity index is 2.06. The quantitative estimate of drug-likeness (QED) is 0.724. The first-order chi connectivity index (χ1) is 7.80. The summed E-state index contributed by atoms with van der Waals surface area (Å²) in [6, 6.07) is 6.42. The highest BCUT2D eigenvalue weighted by Gasteiger charge is 2.37. The normalized spacial score (nSPS) is 23.1. The van der Waals surface area contributed by atoms with Crippen LogP contribution >= 0.6 is 11.6 Å². The van der Waals surface area contributed by atoms with Crippen LogP contribution in [0, 0.1) is 0 Å². The summed E-state index contributed by atoms with van der Waals surface area (Å²) in [5, 5.41) is 4.47. The van der Waals surface area contributed by atoms with Gasteiger partial charge in [0.25, 0.3) is 0 Å². The molecule has 1 nitrogen and oxygen atoms in total. The zero-order chi connectivity index (χ0) is 11.0. The lowest BCUT2D eigenvalue weighted by Crippen LogP contribution is -2.44. The second kappa shape index (κ2) is 4.05. The summed E-state index contributed by atoms with van der Waals surface area (Å²) in [4.78, 5) is 0. The molecular formula is C14H18ClN.